The molecule has 2 aliphatic heterocycles. The fraction of sp³-hybridized carbons (Fsp3) is 0.636. The first kappa shape index (κ1) is 19.7. The normalized spacial score (nSPS) is 23.0. The van der Waals surface area contributed by atoms with Gasteiger partial charge in [0.15, 0.2) is 0 Å². The van der Waals surface area contributed by atoms with Crippen LogP contribution in [-0.4, -0.2) is 54.9 Å². The summed E-state index contributed by atoms with van der Waals surface area (Å²) < 4.78 is 5.26. The van der Waals surface area contributed by atoms with E-state index < -0.39 is 0 Å². The number of rotatable bonds is 4. The maximum absolute atomic E-state index is 13.2. The third-order valence-electron chi connectivity index (χ3n) is 5.63. The summed E-state index contributed by atoms with van der Waals surface area (Å²) in [5, 5.41) is 0. The van der Waals surface area contributed by atoms with Crippen LogP contribution in [0, 0.1) is 11.3 Å². The number of nitrogens with zero attached hydrogens (tertiary/aromatic N) is 2. The van der Waals surface area contributed by atoms with Gasteiger partial charge in [0.2, 0.25) is 11.8 Å². The van der Waals surface area contributed by atoms with Crippen molar-refractivity contribution >= 4 is 11.8 Å². The summed E-state index contributed by atoms with van der Waals surface area (Å²) >= 11 is 0. The molecule has 0 radical (unpaired) electrons. The maximum Gasteiger partial charge on any atom is 0.228 e. The van der Waals surface area contributed by atoms with Gasteiger partial charge in [-0.2, -0.15) is 0 Å². The lowest BCUT2D eigenvalue weighted by Crippen LogP contribution is -2.38. The summed E-state index contributed by atoms with van der Waals surface area (Å²) in [5.74, 6) is 1.06. The highest BCUT2D eigenvalue weighted by atomic mass is 16.5. The Morgan fingerprint density at radius 1 is 1.04 bits per heavy atom. The molecule has 0 bridgehead atoms. The van der Waals surface area contributed by atoms with E-state index in [1.54, 1.807) is 7.11 Å². The van der Waals surface area contributed by atoms with Crippen molar-refractivity contribution < 1.29 is 14.3 Å². The van der Waals surface area contributed by atoms with E-state index in [2.05, 4.69) is 20.8 Å². The molecule has 0 N–H and O–H groups in total. The summed E-state index contributed by atoms with van der Waals surface area (Å²) in [6.07, 6.45) is 2.67. The Bertz CT molecular complexity index is 672. The number of amides is 2. The topological polar surface area (TPSA) is 49.9 Å². The summed E-state index contributed by atoms with van der Waals surface area (Å²) in [5.41, 5.74) is 1.06. The predicted molar refractivity (Wildman–Crippen MR) is 106 cm³/mol. The van der Waals surface area contributed by atoms with Crippen molar-refractivity contribution in [1.29, 1.82) is 0 Å². The molecule has 148 valence electrons. The van der Waals surface area contributed by atoms with Gasteiger partial charge in [0.25, 0.3) is 0 Å². The monoisotopic (exact) mass is 372 g/mol. The molecule has 3 rings (SSSR count). The van der Waals surface area contributed by atoms with Crippen molar-refractivity contribution in [3.05, 3.63) is 29.8 Å². The number of likely N-dealkylation sites (tertiary alicyclic amines) is 2. The third kappa shape index (κ3) is 4.63. The van der Waals surface area contributed by atoms with Crippen LogP contribution in [0.1, 0.15) is 51.5 Å². The largest absolute Gasteiger partial charge is 0.497 e. The van der Waals surface area contributed by atoms with Crippen molar-refractivity contribution in [3.8, 4) is 5.75 Å². The molecule has 0 spiro atoms. The molecule has 1 aromatic carbocycles. The van der Waals surface area contributed by atoms with Crippen LogP contribution in [0.5, 0.6) is 5.75 Å². The lowest BCUT2D eigenvalue weighted by molar-refractivity contribution is -0.135. The summed E-state index contributed by atoms with van der Waals surface area (Å²) in [6, 6.07) is 7.94. The molecule has 5 nitrogen and oxygen atoms in total. The van der Waals surface area contributed by atoms with E-state index in [9.17, 15) is 9.59 Å². The number of hydrogen-bond acceptors (Lipinski definition) is 3. The van der Waals surface area contributed by atoms with Gasteiger partial charge in [-0.15, -0.1) is 0 Å². The Hall–Kier alpha value is -2.04. The SMILES string of the molecule is COc1ccc([C@@H]2CN(C(=O)CC(C)(C)C)C[C@@H]2C(=O)N2CCCC2)cc1. The van der Waals surface area contributed by atoms with Crippen LogP contribution in [0.25, 0.3) is 0 Å². The minimum atomic E-state index is -0.152. The quantitative estimate of drug-likeness (QED) is 0.815. The highest BCUT2D eigenvalue weighted by Gasteiger charge is 2.42. The van der Waals surface area contributed by atoms with E-state index >= 15 is 0 Å². The molecule has 1 aromatic rings. The van der Waals surface area contributed by atoms with Gasteiger partial charge in [-0.25, -0.2) is 0 Å². The number of ether oxygens (including phenoxy) is 1. The highest BCUT2D eigenvalue weighted by molar-refractivity contribution is 5.84. The highest BCUT2D eigenvalue weighted by Crippen LogP contribution is 2.36. The van der Waals surface area contributed by atoms with Crippen LogP contribution in [0.4, 0.5) is 0 Å². The van der Waals surface area contributed by atoms with Crippen molar-refractivity contribution in [3.63, 3.8) is 0 Å². The number of benzene rings is 1. The molecule has 2 fully saturated rings. The second kappa shape index (κ2) is 7.91. The van der Waals surface area contributed by atoms with Gasteiger partial charge < -0.3 is 14.5 Å². The van der Waals surface area contributed by atoms with Crippen LogP contribution >= 0.6 is 0 Å². The van der Waals surface area contributed by atoms with Crippen molar-refractivity contribution in [2.45, 2.75) is 46.0 Å². The Morgan fingerprint density at radius 2 is 1.67 bits per heavy atom. The minimum Gasteiger partial charge on any atom is -0.497 e. The zero-order valence-corrected chi connectivity index (χ0v) is 17.0. The Labute approximate surface area is 162 Å². The van der Waals surface area contributed by atoms with Gasteiger partial charge in [0, 0.05) is 38.5 Å². The number of hydrogen-bond donors (Lipinski definition) is 0. The van der Waals surface area contributed by atoms with Crippen LogP contribution < -0.4 is 4.74 Å². The molecule has 2 aliphatic rings. The molecule has 0 saturated carbocycles. The Morgan fingerprint density at radius 3 is 2.22 bits per heavy atom. The van der Waals surface area contributed by atoms with Gasteiger partial charge in [-0.1, -0.05) is 32.9 Å². The standard InChI is InChI=1S/C22H32N2O3/c1-22(2,3)13-20(25)24-14-18(16-7-9-17(27-4)10-8-16)19(15-24)21(26)23-11-5-6-12-23/h7-10,18-19H,5-6,11-15H2,1-4H3/t18-,19-/m0/s1. The maximum atomic E-state index is 13.2. The summed E-state index contributed by atoms with van der Waals surface area (Å²) in [7, 11) is 1.65. The molecule has 2 atom stereocenters. The first-order valence-electron chi connectivity index (χ1n) is 9.99. The third-order valence-corrected chi connectivity index (χ3v) is 5.63. The first-order chi connectivity index (χ1) is 12.8. The molecule has 2 amide bonds. The summed E-state index contributed by atoms with van der Waals surface area (Å²) in [4.78, 5) is 29.9. The van der Waals surface area contributed by atoms with E-state index in [1.807, 2.05) is 34.1 Å². The van der Waals surface area contributed by atoms with Crippen LogP contribution in [0.15, 0.2) is 24.3 Å². The summed E-state index contributed by atoms with van der Waals surface area (Å²) in [6.45, 7) is 9.08. The zero-order chi connectivity index (χ0) is 19.6. The molecular weight excluding hydrogens is 340 g/mol. The van der Waals surface area contributed by atoms with Crippen LogP contribution in [0.2, 0.25) is 0 Å². The van der Waals surface area contributed by atoms with Crippen molar-refractivity contribution in [2.24, 2.45) is 11.3 Å². The molecule has 2 heterocycles. The van der Waals surface area contributed by atoms with E-state index in [1.165, 1.54) is 0 Å². The van der Waals surface area contributed by atoms with E-state index in [-0.39, 0.29) is 29.1 Å². The average Bonchev–Trinajstić information content (AvgIpc) is 3.30. The smallest absolute Gasteiger partial charge is 0.228 e. The number of methoxy groups -OCH3 is 1. The second-order valence-corrected chi connectivity index (χ2v) is 9.05. The molecule has 5 heteroatoms. The van der Waals surface area contributed by atoms with Crippen molar-refractivity contribution in [1.82, 2.24) is 9.80 Å². The fourth-order valence-corrected chi connectivity index (χ4v) is 4.18. The zero-order valence-electron chi connectivity index (χ0n) is 17.0. The van der Waals surface area contributed by atoms with E-state index in [0.29, 0.717) is 19.5 Å². The Kier molecular flexibility index (Phi) is 5.78. The van der Waals surface area contributed by atoms with Crippen molar-refractivity contribution in [2.75, 3.05) is 33.3 Å². The van der Waals surface area contributed by atoms with Gasteiger partial charge in [0.1, 0.15) is 5.75 Å². The molecule has 27 heavy (non-hydrogen) atoms. The number of carbonyl (C=O) groups excluding carboxylic acids is 2. The van der Waals surface area contributed by atoms with Gasteiger partial charge in [-0.05, 0) is 36.0 Å². The first-order valence-corrected chi connectivity index (χ1v) is 9.99. The van der Waals surface area contributed by atoms with Crippen LogP contribution in [-0.2, 0) is 9.59 Å². The number of carbonyl (C=O) groups is 2. The van der Waals surface area contributed by atoms with Gasteiger partial charge >= 0.3 is 0 Å². The molecule has 0 aliphatic carbocycles. The molecule has 2 saturated heterocycles. The predicted octanol–water partition coefficient (Wildman–Crippen LogP) is 3.30. The fourth-order valence-electron chi connectivity index (χ4n) is 4.18. The average molecular weight is 373 g/mol. The van der Waals surface area contributed by atoms with E-state index in [4.69, 9.17) is 4.74 Å². The lowest BCUT2D eigenvalue weighted by Gasteiger charge is -2.24. The van der Waals surface area contributed by atoms with Crippen LogP contribution in [0.3, 0.4) is 0 Å². The molecular formula is C22H32N2O3. The minimum absolute atomic E-state index is 0.0490. The Balaban J connectivity index is 1.82. The van der Waals surface area contributed by atoms with Gasteiger partial charge in [-0.3, -0.25) is 9.59 Å². The lowest BCUT2D eigenvalue weighted by atomic mass is 9.88. The van der Waals surface area contributed by atoms with Gasteiger partial charge in [0.05, 0.1) is 13.0 Å². The molecule has 0 unspecified atom stereocenters. The van der Waals surface area contributed by atoms with E-state index in [0.717, 1.165) is 37.2 Å². The molecule has 0 aromatic heterocycles. The second-order valence-electron chi connectivity index (χ2n) is 9.05.